The molecule has 2 N–H and O–H groups in total. The van der Waals surface area contributed by atoms with Crippen LogP contribution in [0, 0.1) is 11.3 Å². The van der Waals surface area contributed by atoms with Gasteiger partial charge in [-0.2, -0.15) is 0 Å². The summed E-state index contributed by atoms with van der Waals surface area (Å²) in [5.74, 6) is -1.70. The van der Waals surface area contributed by atoms with Gasteiger partial charge in [0.2, 0.25) is 0 Å². The molecule has 1 aliphatic heterocycles. The Bertz CT molecular complexity index is 718. The molecule has 3 aliphatic rings. The number of esters is 2. The largest absolute Gasteiger partial charge is 0.458 e. The zero-order valence-electron chi connectivity index (χ0n) is 15.4. The van der Waals surface area contributed by atoms with Gasteiger partial charge in [-0.05, 0) is 38.7 Å². The lowest BCUT2D eigenvalue weighted by Crippen LogP contribution is -2.53. The first-order valence-electron chi connectivity index (χ1n) is 8.93. The predicted molar refractivity (Wildman–Crippen MR) is 93.9 cm³/mol. The minimum absolute atomic E-state index is 0.0516. The second-order valence-corrected chi connectivity index (χ2v) is 7.89. The van der Waals surface area contributed by atoms with Crippen LogP contribution >= 0.6 is 0 Å². The Morgan fingerprint density at radius 3 is 2.73 bits per heavy atom. The number of fused-ring (bicyclic) bond motifs is 3. The van der Waals surface area contributed by atoms with E-state index in [0.717, 1.165) is 17.6 Å². The van der Waals surface area contributed by atoms with Crippen molar-refractivity contribution in [2.45, 2.75) is 64.4 Å². The highest BCUT2D eigenvalue weighted by molar-refractivity contribution is 5.92. The Labute approximate surface area is 153 Å². The van der Waals surface area contributed by atoms with Crippen molar-refractivity contribution in [3.8, 4) is 0 Å². The molecule has 2 fully saturated rings. The van der Waals surface area contributed by atoms with E-state index >= 15 is 0 Å². The van der Waals surface area contributed by atoms with E-state index in [1.807, 2.05) is 13.8 Å². The molecule has 0 radical (unpaired) electrons. The molecule has 6 nitrogen and oxygen atoms in total. The maximum atomic E-state index is 12.3. The third-order valence-electron chi connectivity index (χ3n) is 6.16. The molecule has 1 saturated heterocycles. The molecule has 26 heavy (non-hydrogen) atoms. The van der Waals surface area contributed by atoms with Gasteiger partial charge in [0.25, 0.3) is 0 Å². The summed E-state index contributed by atoms with van der Waals surface area (Å²) in [7, 11) is 0. The Kier molecular flexibility index (Phi) is 4.61. The molecule has 0 aromatic carbocycles. The molecule has 0 aromatic rings. The first-order valence-corrected chi connectivity index (χ1v) is 8.93. The molecule has 1 saturated carbocycles. The van der Waals surface area contributed by atoms with Crippen LogP contribution in [-0.2, 0) is 19.1 Å². The Hall–Kier alpha value is -1.92. The van der Waals surface area contributed by atoms with Crippen LogP contribution in [0.3, 0.4) is 0 Å². The molecule has 6 heteroatoms. The summed E-state index contributed by atoms with van der Waals surface area (Å²) in [5.41, 5.74) is 1.61. The minimum Gasteiger partial charge on any atom is -0.458 e. The fourth-order valence-corrected chi connectivity index (χ4v) is 4.57. The number of rotatable bonds is 3. The van der Waals surface area contributed by atoms with Gasteiger partial charge in [-0.15, -0.1) is 0 Å². The van der Waals surface area contributed by atoms with Crippen molar-refractivity contribution in [2.75, 3.05) is 0 Å². The third kappa shape index (κ3) is 2.72. The van der Waals surface area contributed by atoms with Crippen LogP contribution in [0.25, 0.3) is 0 Å². The predicted octanol–water partition coefficient (Wildman–Crippen LogP) is 1.81. The van der Waals surface area contributed by atoms with Gasteiger partial charge < -0.3 is 19.7 Å². The quantitative estimate of drug-likeness (QED) is 0.452. The van der Waals surface area contributed by atoms with Crippen molar-refractivity contribution >= 4 is 11.9 Å². The highest BCUT2D eigenvalue weighted by atomic mass is 16.6. The van der Waals surface area contributed by atoms with Gasteiger partial charge >= 0.3 is 11.9 Å². The number of aliphatic hydroxyl groups excluding tert-OH is 2. The Balaban J connectivity index is 2.00. The van der Waals surface area contributed by atoms with E-state index in [0.29, 0.717) is 12.8 Å². The lowest BCUT2D eigenvalue weighted by atomic mass is 9.58. The maximum Gasteiger partial charge on any atom is 0.336 e. The van der Waals surface area contributed by atoms with Crippen LogP contribution in [0.5, 0.6) is 0 Å². The van der Waals surface area contributed by atoms with E-state index in [-0.39, 0.29) is 11.1 Å². The van der Waals surface area contributed by atoms with Crippen LogP contribution in [-0.4, -0.2) is 46.6 Å². The zero-order chi connectivity index (χ0) is 19.4. The van der Waals surface area contributed by atoms with Gasteiger partial charge in [0.05, 0.1) is 23.7 Å². The fraction of sp³-hybridized carbons (Fsp3) is 0.600. The number of aliphatic hydroxyl groups is 2. The summed E-state index contributed by atoms with van der Waals surface area (Å²) in [6, 6.07) is 0. The molecular formula is C20H26O6. The SMILES string of the molecule is C=C(C(=O)OC1CC2(C)C(=C(C)CCC2O)C2OC(=O)C(=C)C12)C(C)O. The van der Waals surface area contributed by atoms with Gasteiger partial charge in [-0.1, -0.05) is 25.7 Å². The molecule has 6 atom stereocenters. The van der Waals surface area contributed by atoms with E-state index in [2.05, 4.69) is 13.2 Å². The second-order valence-electron chi connectivity index (χ2n) is 7.89. The van der Waals surface area contributed by atoms with E-state index in [4.69, 9.17) is 9.47 Å². The number of ether oxygens (including phenoxy) is 2. The molecular weight excluding hydrogens is 336 g/mol. The van der Waals surface area contributed by atoms with Crippen molar-refractivity contribution in [2.24, 2.45) is 11.3 Å². The standard InChI is InChI=1S/C20H26O6/c1-9-6-7-14(22)20(5)8-13(25-18(23)10(2)12(4)21)15-11(3)19(24)26-17(15)16(9)20/h12-15,17,21-22H,2-3,6-8H2,1,4-5H3. The van der Waals surface area contributed by atoms with E-state index < -0.39 is 47.7 Å². The van der Waals surface area contributed by atoms with Crippen LogP contribution in [0.2, 0.25) is 0 Å². The highest BCUT2D eigenvalue weighted by Crippen LogP contribution is 2.56. The van der Waals surface area contributed by atoms with Crippen LogP contribution in [0.15, 0.2) is 35.5 Å². The molecule has 0 aromatic heterocycles. The van der Waals surface area contributed by atoms with Crippen molar-refractivity contribution in [1.29, 1.82) is 0 Å². The Morgan fingerprint density at radius 2 is 2.12 bits per heavy atom. The van der Waals surface area contributed by atoms with E-state index in [1.165, 1.54) is 6.92 Å². The number of carbonyl (C=O) groups is 2. The van der Waals surface area contributed by atoms with Crippen molar-refractivity contribution < 1.29 is 29.3 Å². The summed E-state index contributed by atoms with van der Waals surface area (Å²) in [6.45, 7) is 12.7. The lowest BCUT2D eigenvalue weighted by Gasteiger charge is -2.50. The molecule has 6 unspecified atom stereocenters. The monoisotopic (exact) mass is 362 g/mol. The average Bonchev–Trinajstić information content (AvgIpc) is 2.85. The number of carbonyl (C=O) groups excluding carboxylic acids is 2. The van der Waals surface area contributed by atoms with Crippen LogP contribution < -0.4 is 0 Å². The molecule has 142 valence electrons. The summed E-state index contributed by atoms with van der Waals surface area (Å²) in [5, 5.41) is 20.3. The normalized spacial score (nSPS) is 37.6. The van der Waals surface area contributed by atoms with Gasteiger partial charge in [-0.25, -0.2) is 9.59 Å². The van der Waals surface area contributed by atoms with E-state index in [9.17, 15) is 19.8 Å². The minimum atomic E-state index is -1.03. The number of hydrogen-bond acceptors (Lipinski definition) is 6. The van der Waals surface area contributed by atoms with Crippen LogP contribution in [0.4, 0.5) is 0 Å². The Morgan fingerprint density at radius 1 is 1.46 bits per heavy atom. The summed E-state index contributed by atoms with van der Waals surface area (Å²) >= 11 is 0. The highest BCUT2D eigenvalue weighted by Gasteiger charge is 2.59. The molecule has 1 heterocycles. The van der Waals surface area contributed by atoms with Crippen molar-refractivity contribution in [3.05, 3.63) is 35.5 Å². The third-order valence-corrected chi connectivity index (χ3v) is 6.16. The maximum absolute atomic E-state index is 12.3. The molecule has 3 rings (SSSR count). The van der Waals surface area contributed by atoms with Gasteiger partial charge in [-0.3, -0.25) is 0 Å². The van der Waals surface area contributed by atoms with Gasteiger partial charge in [0.1, 0.15) is 12.2 Å². The van der Waals surface area contributed by atoms with Crippen molar-refractivity contribution in [1.82, 2.24) is 0 Å². The summed E-state index contributed by atoms with van der Waals surface area (Å²) in [6.07, 6.45) is -1.20. The summed E-state index contributed by atoms with van der Waals surface area (Å²) < 4.78 is 11.2. The molecule has 0 amide bonds. The molecule has 0 spiro atoms. The van der Waals surface area contributed by atoms with Crippen LogP contribution in [0.1, 0.15) is 40.0 Å². The average molecular weight is 362 g/mol. The first kappa shape index (κ1) is 18.9. The fourth-order valence-electron chi connectivity index (χ4n) is 4.57. The van der Waals surface area contributed by atoms with E-state index in [1.54, 1.807) is 0 Å². The smallest absolute Gasteiger partial charge is 0.336 e. The molecule has 0 bridgehead atoms. The van der Waals surface area contributed by atoms with Gasteiger partial charge in [0.15, 0.2) is 0 Å². The lowest BCUT2D eigenvalue weighted by molar-refractivity contribution is -0.156. The van der Waals surface area contributed by atoms with Crippen molar-refractivity contribution in [3.63, 3.8) is 0 Å². The summed E-state index contributed by atoms with van der Waals surface area (Å²) in [4.78, 5) is 24.5. The number of allylic oxidation sites excluding steroid dienone is 1. The number of hydrogen-bond donors (Lipinski definition) is 2. The topological polar surface area (TPSA) is 93.1 Å². The zero-order valence-corrected chi connectivity index (χ0v) is 15.4. The van der Waals surface area contributed by atoms with Gasteiger partial charge in [0, 0.05) is 11.0 Å². The second kappa shape index (κ2) is 6.35. The first-order chi connectivity index (χ1) is 12.1. The molecule has 2 aliphatic carbocycles.